The number of carboxylic acid groups (broad SMARTS) is 1. The molecule has 0 bridgehead atoms. The Morgan fingerprint density at radius 2 is 1.87 bits per heavy atom. The highest BCUT2D eigenvalue weighted by Gasteiger charge is 2.21. The van der Waals surface area contributed by atoms with Crippen molar-refractivity contribution in [1.82, 2.24) is 5.32 Å². The Hall–Kier alpha value is -2.28. The molecule has 1 atom stereocenters. The van der Waals surface area contributed by atoms with Crippen LogP contribution in [-0.2, 0) is 9.53 Å². The third-order valence-corrected chi connectivity index (χ3v) is 2.93. The molecule has 1 rings (SSSR count). The molecule has 0 saturated heterocycles. The van der Waals surface area contributed by atoms with E-state index in [0.717, 1.165) is 0 Å². The van der Waals surface area contributed by atoms with E-state index in [2.05, 4.69) is 5.32 Å². The highest BCUT2D eigenvalue weighted by Crippen LogP contribution is 2.28. The molecule has 2 N–H and O–H groups in total. The van der Waals surface area contributed by atoms with Gasteiger partial charge in [-0.1, -0.05) is 13.8 Å². The van der Waals surface area contributed by atoms with Gasteiger partial charge in [-0.25, -0.2) is 4.79 Å². The summed E-state index contributed by atoms with van der Waals surface area (Å²) in [5, 5.41) is 11.4. The Bertz CT molecular complexity index is 543. The number of nitrogens with one attached hydrogen (secondary N) is 1. The quantitative estimate of drug-likeness (QED) is 0.715. The molecule has 0 radical (unpaired) electrons. The lowest BCUT2D eigenvalue weighted by Gasteiger charge is -2.15. The number of carbonyl (C=O) groups is 2. The maximum Gasteiger partial charge on any atom is 0.328 e. The van der Waals surface area contributed by atoms with Crippen LogP contribution in [0.25, 0.3) is 0 Å². The van der Waals surface area contributed by atoms with Gasteiger partial charge < -0.3 is 24.6 Å². The van der Waals surface area contributed by atoms with Crippen molar-refractivity contribution in [2.24, 2.45) is 5.92 Å². The monoisotopic (exact) mass is 325 g/mol. The van der Waals surface area contributed by atoms with Gasteiger partial charge in [0.25, 0.3) is 5.91 Å². The molecule has 0 aromatic heterocycles. The molecular formula is C16H23NO6. The van der Waals surface area contributed by atoms with Crippen molar-refractivity contribution in [3.63, 3.8) is 0 Å². The fourth-order valence-corrected chi connectivity index (χ4v) is 1.77. The third-order valence-electron chi connectivity index (χ3n) is 2.93. The summed E-state index contributed by atoms with van der Waals surface area (Å²) in [6.07, 6.45) is 0. The first-order chi connectivity index (χ1) is 10.9. The summed E-state index contributed by atoms with van der Waals surface area (Å²) in [5.74, 6) is -0.387. The van der Waals surface area contributed by atoms with Crippen molar-refractivity contribution in [2.75, 3.05) is 27.4 Å². The highest BCUT2D eigenvalue weighted by atomic mass is 16.5. The Labute approximate surface area is 135 Å². The molecule has 23 heavy (non-hydrogen) atoms. The minimum Gasteiger partial charge on any atom is -0.493 e. The second-order valence-corrected chi connectivity index (χ2v) is 5.39. The van der Waals surface area contributed by atoms with Gasteiger partial charge in [-0.15, -0.1) is 0 Å². The topological polar surface area (TPSA) is 94.1 Å². The lowest BCUT2D eigenvalue weighted by atomic mass is 10.1. The Morgan fingerprint density at radius 1 is 1.17 bits per heavy atom. The normalized spacial score (nSPS) is 11.9. The van der Waals surface area contributed by atoms with Crippen LogP contribution in [0.5, 0.6) is 11.5 Å². The summed E-state index contributed by atoms with van der Waals surface area (Å²) in [5.41, 5.74) is 0.279. The number of amides is 1. The molecule has 0 aliphatic heterocycles. The highest BCUT2D eigenvalue weighted by molar-refractivity contribution is 5.97. The Kier molecular flexibility index (Phi) is 7.34. The predicted octanol–water partition coefficient (Wildman–Crippen LogP) is 1.56. The average Bonchev–Trinajstić information content (AvgIpc) is 2.51. The van der Waals surface area contributed by atoms with E-state index in [-0.39, 0.29) is 12.2 Å². The van der Waals surface area contributed by atoms with Gasteiger partial charge in [0.05, 0.1) is 20.3 Å². The standard InChI is InChI=1S/C16H23NO6/c1-10(2)8-23-13-6-5-11(7-14(13)22-4)15(18)17-12(9-21-3)16(19)20/h5-7,10,12H,8-9H2,1-4H3,(H,17,18)(H,19,20). The number of benzene rings is 1. The zero-order valence-corrected chi connectivity index (χ0v) is 13.8. The Morgan fingerprint density at radius 3 is 2.39 bits per heavy atom. The maximum absolute atomic E-state index is 12.2. The first kappa shape index (κ1) is 18.8. The molecule has 0 saturated carbocycles. The fraction of sp³-hybridized carbons (Fsp3) is 0.500. The second kappa shape index (κ2) is 8.99. The van der Waals surface area contributed by atoms with Crippen LogP contribution in [0.1, 0.15) is 24.2 Å². The van der Waals surface area contributed by atoms with Crippen LogP contribution in [0.2, 0.25) is 0 Å². The summed E-state index contributed by atoms with van der Waals surface area (Å²) >= 11 is 0. The number of hydrogen-bond acceptors (Lipinski definition) is 5. The van der Waals surface area contributed by atoms with Crippen molar-refractivity contribution in [2.45, 2.75) is 19.9 Å². The van der Waals surface area contributed by atoms with Crippen LogP contribution in [0.3, 0.4) is 0 Å². The number of rotatable bonds is 9. The lowest BCUT2D eigenvalue weighted by Crippen LogP contribution is -2.43. The van der Waals surface area contributed by atoms with Gasteiger partial charge in [-0.05, 0) is 24.1 Å². The average molecular weight is 325 g/mol. The Balaban J connectivity index is 2.87. The van der Waals surface area contributed by atoms with Crippen molar-refractivity contribution < 1.29 is 28.9 Å². The molecule has 1 aromatic carbocycles. The largest absolute Gasteiger partial charge is 0.493 e. The third kappa shape index (κ3) is 5.78. The van der Waals surface area contributed by atoms with Crippen LogP contribution < -0.4 is 14.8 Å². The van der Waals surface area contributed by atoms with E-state index in [1.54, 1.807) is 12.1 Å². The minimum atomic E-state index is -1.16. The van der Waals surface area contributed by atoms with Crippen LogP contribution in [0.4, 0.5) is 0 Å². The molecule has 1 amide bonds. The molecular weight excluding hydrogens is 302 g/mol. The van der Waals surface area contributed by atoms with Gasteiger partial charge >= 0.3 is 5.97 Å². The van der Waals surface area contributed by atoms with E-state index in [1.807, 2.05) is 13.8 Å². The number of ether oxygens (including phenoxy) is 3. The van der Waals surface area contributed by atoms with Gasteiger partial charge in [0.2, 0.25) is 0 Å². The number of carboxylic acids is 1. The molecule has 1 aromatic rings. The second-order valence-electron chi connectivity index (χ2n) is 5.39. The molecule has 128 valence electrons. The smallest absolute Gasteiger partial charge is 0.328 e. The summed E-state index contributed by atoms with van der Waals surface area (Å²) in [6, 6.07) is 3.58. The van der Waals surface area contributed by atoms with E-state index in [1.165, 1.54) is 20.3 Å². The molecule has 0 spiro atoms. The lowest BCUT2D eigenvalue weighted by molar-refractivity contribution is -0.140. The molecule has 7 heteroatoms. The van der Waals surface area contributed by atoms with Gasteiger partial charge in [0.15, 0.2) is 17.5 Å². The van der Waals surface area contributed by atoms with Crippen LogP contribution in [0.15, 0.2) is 18.2 Å². The van der Waals surface area contributed by atoms with Crippen molar-refractivity contribution in [1.29, 1.82) is 0 Å². The summed E-state index contributed by atoms with van der Waals surface area (Å²) in [6.45, 7) is 4.46. The number of carbonyl (C=O) groups excluding carboxylic acids is 1. The molecule has 0 heterocycles. The zero-order chi connectivity index (χ0) is 17.4. The predicted molar refractivity (Wildman–Crippen MR) is 84.1 cm³/mol. The first-order valence-electron chi connectivity index (χ1n) is 7.22. The molecule has 0 aliphatic carbocycles. The van der Waals surface area contributed by atoms with E-state index in [9.17, 15) is 9.59 Å². The minimum absolute atomic E-state index is 0.117. The van der Waals surface area contributed by atoms with E-state index in [4.69, 9.17) is 19.3 Å². The molecule has 7 nitrogen and oxygen atoms in total. The van der Waals surface area contributed by atoms with Gasteiger partial charge in [0.1, 0.15) is 0 Å². The van der Waals surface area contributed by atoms with E-state index in [0.29, 0.717) is 24.0 Å². The van der Waals surface area contributed by atoms with E-state index >= 15 is 0 Å². The fourth-order valence-electron chi connectivity index (χ4n) is 1.77. The number of methoxy groups -OCH3 is 2. The SMILES string of the molecule is COCC(NC(=O)c1ccc(OCC(C)C)c(OC)c1)C(=O)O. The maximum atomic E-state index is 12.2. The number of hydrogen-bond donors (Lipinski definition) is 2. The number of aliphatic carboxylic acids is 1. The molecule has 0 fully saturated rings. The van der Waals surface area contributed by atoms with E-state index < -0.39 is 17.9 Å². The van der Waals surface area contributed by atoms with Crippen LogP contribution in [-0.4, -0.2) is 50.5 Å². The molecule has 1 unspecified atom stereocenters. The van der Waals surface area contributed by atoms with Gasteiger partial charge in [-0.3, -0.25) is 4.79 Å². The van der Waals surface area contributed by atoms with Crippen LogP contribution in [0, 0.1) is 5.92 Å². The summed E-state index contributed by atoms with van der Waals surface area (Å²) < 4.78 is 15.6. The van der Waals surface area contributed by atoms with Crippen molar-refractivity contribution in [3.05, 3.63) is 23.8 Å². The van der Waals surface area contributed by atoms with Crippen LogP contribution >= 0.6 is 0 Å². The van der Waals surface area contributed by atoms with Gasteiger partial charge in [-0.2, -0.15) is 0 Å². The first-order valence-corrected chi connectivity index (χ1v) is 7.22. The van der Waals surface area contributed by atoms with Gasteiger partial charge in [0, 0.05) is 12.7 Å². The van der Waals surface area contributed by atoms with Crippen molar-refractivity contribution >= 4 is 11.9 Å². The van der Waals surface area contributed by atoms with Crippen molar-refractivity contribution in [3.8, 4) is 11.5 Å². The summed E-state index contributed by atoms with van der Waals surface area (Å²) in [7, 11) is 2.84. The molecule has 0 aliphatic rings. The zero-order valence-electron chi connectivity index (χ0n) is 13.8. The summed E-state index contributed by atoms with van der Waals surface area (Å²) in [4.78, 5) is 23.2.